The number of imidazole rings is 1. The van der Waals surface area contributed by atoms with Crippen molar-refractivity contribution >= 4 is 17.0 Å². The minimum atomic E-state index is 0.776. The minimum Gasteiger partial charge on any atom is -0.356 e. The van der Waals surface area contributed by atoms with E-state index in [9.17, 15) is 0 Å². The van der Waals surface area contributed by atoms with Crippen LogP contribution in [0.1, 0.15) is 24.0 Å². The molecule has 3 aromatic rings. The van der Waals surface area contributed by atoms with Crippen LogP contribution in [0, 0.1) is 5.92 Å². The Kier molecular flexibility index (Phi) is 4.86. The molecule has 2 aromatic carbocycles. The van der Waals surface area contributed by atoms with Crippen LogP contribution in [0.5, 0.6) is 0 Å². The SMILES string of the molecule is CN=C(NCc1ccc(Cn2cnc3ccccc32)cc1)NCC1CC1. The molecule has 26 heavy (non-hydrogen) atoms. The molecule has 0 radical (unpaired) electrons. The van der Waals surface area contributed by atoms with Crippen LogP contribution in [-0.2, 0) is 13.1 Å². The average molecular weight is 347 g/mol. The zero-order valence-corrected chi connectivity index (χ0v) is 15.2. The molecule has 1 aromatic heterocycles. The molecule has 134 valence electrons. The van der Waals surface area contributed by atoms with Gasteiger partial charge in [0.25, 0.3) is 0 Å². The van der Waals surface area contributed by atoms with E-state index in [1.807, 2.05) is 25.5 Å². The zero-order chi connectivity index (χ0) is 17.8. The molecule has 1 fully saturated rings. The predicted molar refractivity (Wildman–Crippen MR) is 106 cm³/mol. The predicted octanol–water partition coefficient (Wildman–Crippen LogP) is 3.16. The fourth-order valence-electron chi connectivity index (χ4n) is 3.06. The summed E-state index contributed by atoms with van der Waals surface area (Å²) in [6, 6.07) is 17.0. The monoisotopic (exact) mass is 347 g/mol. The summed E-state index contributed by atoms with van der Waals surface area (Å²) in [5, 5.41) is 6.77. The lowest BCUT2D eigenvalue weighted by Crippen LogP contribution is -2.37. The Balaban J connectivity index is 1.34. The van der Waals surface area contributed by atoms with Crippen LogP contribution < -0.4 is 10.6 Å². The maximum absolute atomic E-state index is 4.46. The molecule has 0 spiro atoms. The summed E-state index contributed by atoms with van der Waals surface area (Å²) < 4.78 is 2.19. The van der Waals surface area contributed by atoms with Crippen molar-refractivity contribution in [3.8, 4) is 0 Å². The van der Waals surface area contributed by atoms with Gasteiger partial charge < -0.3 is 15.2 Å². The number of aromatic nitrogens is 2. The third-order valence-corrected chi connectivity index (χ3v) is 4.84. The number of para-hydroxylation sites is 2. The average Bonchev–Trinajstić information content (AvgIpc) is 3.43. The first-order valence-electron chi connectivity index (χ1n) is 9.24. The van der Waals surface area contributed by atoms with E-state index in [2.05, 4.69) is 61.6 Å². The van der Waals surface area contributed by atoms with Gasteiger partial charge in [-0.2, -0.15) is 0 Å². The van der Waals surface area contributed by atoms with Crippen molar-refractivity contribution < 1.29 is 0 Å². The van der Waals surface area contributed by atoms with E-state index in [4.69, 9.17) is 0 Å². The normalized spacial score (nSPS) is 14.6. The first-order chi connectivity index (χ1) is 12.8. The largest absolute Gasteiger partial charge is 0.356 e. The van der Waals surface area contributed by atoms with E-state index < -0.39 is 0 Å². The highest BCUT2D eigenvalue weighted by Crippen LogP contribution is 2.27. The van der Waals surface area contributed by atoms with E-state index >= 15 is 0 Å². The lowest BCUT2D eigenvalue weighted by molar-refractivity contribution is 0.737. The fraction of sp³-hybridized carbons (Fsp3) is 0.333. The fourth-order valence-corrected chi connectivity index (χ4v) is 3.06. The Labute approximate surface area is 154 Å². The molecule has 0 unspecified atom stereocenters. The summed E-state index contributed by atoms with van der Waals surface area (Å²) in [6.45, 7) is 2.63. The Morgan fingerprint density at radius 1 is 1.08 bits per heavy atom. The molecule has 0 amide bonds. The van der Waals surface area contributed by atoms with E-state index in [0.717, 1.165) is 37.0 Å². The summed E-state index contributed by atoms with van der Waals surface area (Å²) in [5.41, 5.74) is 4.73. The van der Waals surface area contributed by atoms with Crippen molar-refractivity contribution in [1.29, 1.82) is 0 Å². The molecule has 5 nitrogen and oxygen atoms in total. The topological polar surface area (TPSA) is 54.2 Å². The van der Waals surface area contributed by atoms with Crippen molar-refractivity contribution in [3.63, 3.8) is 0 Å². The van der Waals surface area contributed by atoms with Gasteiger partial charge in [0.1, 0.15) is 0 Å². The van der Waals surface area contributed by atoms with Gasteiger partial charge in [0, 0.05) is 26.7 Å². The second-order valence-electron chi connectivity index (χ2n) is 6.93. The molecule has 4 rings (SSSR count). The lowest BCUT2D eigenvalue weighted by atomic mass is 10.1. The van der Waals surface area contributed by atoms with E-state index in [-0.39, 0.29) is 0 Å². The summed E-state index contributed by atoms with van der Waals surface area (Å²) in [4.78, 5) is 8.74. The summed E-state index contributed by atoms with van der Waals surface area (Å²) in [7, 11) is 1.82. The van der Waals surface area contributed by atoms with Gasteiger partial charge in [0.15, 0.2) is 5.96 Å². The highest BCUT2D eigenvalue weighted by Gasteiger charge is 2.20. The highest BCUT2D eigenvalue weighted by atomic mass is 15.2. The number of aliphatic imine (C=N–C) groups is 1. The first kappa shape index (κ1) is 16.6. The number of fused-ring (bicyclic) bond motifs is 1. The summed E-state index contributed by atoms with van der Waals surface area (Å²) in [6.07, 6.45) is 4.60. The Morgan fingerprint density at radius 3 is 2.62 bits per heavy atom. The molecule has 0 atom stereocenters. The molecule has 0 aliphatic heterocycles. The van der Waals surface area contributed by atoms with Crippen molar-refractivity contribution in [2.75, 3.05) is 13.6 Å². The summed E-state index contributed by atoms with van der Waals surface area (Å²) >= 11 is 0. The van der Waals surface area contributed by atoms with Gasteiger partial charge in [-0.25, -0.2) is 4.98 Å². The van der Waals surface area contributed by atoms with E-state index in [1.54, 1.807) is 0 Å². The van der Waals surface area contributed by atoms with Crippen molar-refractivity contribution in [3.05, 3.63) is 66.0 Å². The van der Waals surface area contributed by atoms with Gasteiger partial charge in [-0.3, -0.25) is 4.99 Å². The number of hydrogen-bond donors (Lipinski definition) is 2. The second-order valence-corrected chi connectivity index (χ2v) is 6.93. The maximum Gasteiger partial charge on any atom is 0.191 e. The molecular formula is C21H25N5. The van der Waals surface area contributed by atoms with E-state index in [0.29, 0.717) is 0 Å². The quantitative estimate of drug-likeness (QED) is 0.532. The smallest absolute Gasteiger partial charge is 0.191 e. The van der Waals surface area contributed by atoms with Gasteiger partial charge >= 0.3 is 0 Å². The molecule has 5 heteroatoms. The van der Waals surface area contributed by atoms with Crippen molar-refractivity contribution in [1.82, 2.24) is 20.2 Å². The van der Waals surface area contributed by atoms with Crippen LogP contribution in [-0.4, -0.2) is 29.1 Å². The van der Waals surface area contributed by atoms with Crippen LogP contribution in [0.3, 0.4) is 0 Å². The third-order valence-electron chi connectivity index (χ3n) is 4.84. The maximum atomic E-state index is 4.46. The number of guanidine groups is 1. The first-order valence-corrected chi connectivity index (χ1v) is 9.24. The van der Waals surface area contributed by atoms with Gasteiger partial charge in [0.05, 0.1) is 17.4 Å². The van der Waals surface area contributed by atoms with Crippen LogP contribution in [0.15, 0.2) is 59.9 Å². The zero-order valence-electron chi connectivity index (χ0n) is 15.2. The number of nitrogens with one attached hydrogen (secondary N) is 2. The lowest BCUT2D eigenvalue weighted by Gasteiger charge is -2.12. The highest BCUT2D eigenvalue weighted by molar-refractivity contribution is 5.79. The van der Waals surface area contributed by atoms with Crippen molar-refractivity contribution in [2.45, 2.75) is 25.9 Å². The van der Waals surface area contributed by atoms with Crippen LogP contribution >= 0.6 is 0 Å². The van der Waals surface area contributed by atoms with Crippen LogP contribution in [0.25, 0.3) is 11.0 Å². The Morgan fingerprint density at radius 2 is 1.85 bits per heavy atom. The molecule has 1 saturated carbocycles. The third kappa shape index (κ3) is 4.04. The Bertz CT molecular complexity index is 890. The van der Waals surface area contributed by atoms with Gasteiger partial charge in [-0.05, 0) is 42.0 Å². The standard InChI is InChI=1S/C21H25N5/c1-22-21(23-12-16-6-7-16)24-13-17-8-10-18(11-9-17)14-26-15-25-19-4-2-3-5-20(19)26/h2-5,8-11,15-16H,6-7,12-14H2,1H3,(H2,22,23,24). The number of rotatable bonds is 6. The minimum absolute atomic E-state index is 0.776. The Hall–Kier alpha value is -2.82. The van der Waals surface area contributed by atoms with Gasteiger partial charge in [-0.1, -0.05) is 36.4 Å². The molecule has 1 heterocycles. The van der Waals surface area contributed by atoms with E-state index in [1.165, 1.54) is 29.5 Å². The molecule has 0 saturated heterocycles. The molecule has 0 bridgehead atoms. The van der Waals surface area contributed by atoms with Crippen LogP contribution in [0.4, 0.5) is 0 Å². The molecule has 2 N–H and O–H groups in total. The van der Waals surface area contributed by atoms with Crippen LogP contribution in [0.2, 0.25) is 0 Å². The number of hydrogen-bond acceptors (Lipinski definition) is 2. The van der Waals surface area contributed by atoms with Gasteiger partial charge in [-0.15, -0.1) is 0 Å². The second kappa shape index (κ2) is 7.60. The van der Waals surface area contributed by atoms with Crippen molar-refractivity contribution in [2.24, 2.45) is 10.9 Å². The summed E-state index contributed by atoms with van der Waals surface area (Å²) in [5.74, 6) is 1.72. The number of nitrogens with zero attached hydrogens (tertiary/aromatic N) is 3. The molecule has 1 aliphatic carbocycles. The molecule has 1 aliphatic rings. The number of benzene rings is 2. The van der Waals surface area contributed by atoms with Gasteiger partial charge in [0.2, 0.25) is 0 Å². The molecular weight excluding hydrogens is 322 g/mol.